The van der Waals surface area contributed by atoms with Crippen LogP contribution in [0, 0.1) is 27.7 Å². The lowest BCUT2D eigenvalue weighted by Crippen LogP contribution is -2.62. The van der Waals surface area contributed by atoms with Crippen molar-refractivity contribution < 1.29 is 0 Å². The molecule has 4 heteroatoms. The summed E-state index contributed by atoms with van der Waals surface area (Å²) in [4.78, 5) is 7.80. The maximum Gasteiger partial charge on any atom is 0.252 e. The van der Waals surface area contributed by atoms with E-state index in [-0.39, 0.29) is 23.0 Å². The quantitative estimate of drug-likeness (QED) is 0.154. The topological polar surface area (TPSA) is 9.72 Å². The third kappa shape index (κ3) is 6.93. The van der Waals surface area contributed by atoms with Crippen LogP contribution in [-0.4, -0.2) is 6.71 Å². The fourth-order valence-corrected chi connectivity index (χ4v) is 11.9. The number of aryl methyl sites for hydroxylation is 4. The van der Waals surface area contributed by atoms with Crippen LogP contribution < -0.4 is 31.1 Å². The van der Waals surface area contributed by atoms with Gasteiger partial charge in [0, 0.05) is 39.7 Å². The average Bonchev–Trinajstić information content (AvgIpc) is 3.31. The molecule has 0 spiro atoms. The van der Waals surface area contributed by atoms with Gasteiger partial charge in [-0.3, -0.25) is 0 Å². The van der Waals surface area contributed by atoms with E-state index in [0.29, 0.717) is 0 Å². The lowest BCUT2D eigenvalue weighted by Gasteiger charge is -2.48. The molecular formula is C64H64BN3. The molecule has 0 bridgehead atoms. The Bertz CT molecular complexity index is 3240. The van der Waals surface area contributed by atoms with Crippen LogP contribution in [0.15, 0.2) is 164 Å². The average molecular weight is 886 g/mol. The molecule has 0 unspecified atom stereocenters. The van der Waals surface area contributed by atoms with Crippen molar-refractivity contribution in [3.8, 4) is 11.1 Å². The molecule has 338 valence electrons. The molecule has 68 heavy (non-hydrogen) atoms. The minimum Gasteiger partial charge on any atom is -0.311 e. The molecule has 0 amide bonds. The first kappa shape index (κ1) is 43.8. The second-order valence-corrected chi connectivity index (χ2v) is 22.3. The number of anilines is 9. The van der Waals surface area contributed by atoms with Crippen LogP contribution in [0.2, 0.25) is 0 Å². The highest BCUT2D eigenvalue weighted by molar-refractivity contribution is 7.00. The molecule has 0 saturated heterocycles. The predicted octanol–water partition coefficient (Wildman–Crippen LogP) is 15.8. The van der Waals surface area contributed by atoms with Crippen LogP contribution in [0.25, 0.3) is 11.1 Å². The number of rotatable bonds is 6. The smallest absolute Gasteiger partial charge is 0.252 e. The van der Waals surface area contributed by atoms with Crippen LogP contribution in [0.1, 0.15) is 100 Å². The molecule has 0 radical (unpaired) electrons. The van der Waals surface area contributed by atoms with E-state index in [4.69, 9.17) is 0 Å². The Morgan fingerprint density at radius 1 is 0.471 bits per heavy atom. The SMILES string of the molecule is Cc1cccc(C)c1N1c2cc(N(c3ccccc3)c3ccccc3-c3ccccc3)ccc2B2c3cc4c(cc3N(c3c(C)cccc3C)c3cc(C(C)(C)C)cc1c32)C(C)(C)CCC4(C)C. The van der Waals surface area contributed by atoms with Gasteiger partial charge in [0.15, 0.2) is 0 Å². The van der Waals surface area contributed by atoms with Crippen molar-refractivity contribution in [1.82, 2.24) is 0 Å². The molecule has 11 rings (SSSR count). The van der Waals surface area contributed by atoms with E-state index in [0.717, 1.165) is 29.9 Å². The van der Waals surface area contributed by atoms with Crippen molar-refractivity contribution in [3.05, 3.63) is 203 Å². The number of fused-ring (bicyclic) bond motifs is 5. The van der Waals surface area contributed by atoms with Gasteiger partial charge in [0.05, 0.1) is 17.1 Å². The Morgan fingerprint density at radius 3 is 1.53 bits per heavy atom. The standard InChI is InChI=1S/C64H64BN3/c1-41-22-20-23-42(2)60(41)67-55-38-48(66(47-28-16-13-17-29-47)54-31-19-18-30-49(54)45-26-14-12-15-27-45)32-33-52(55)65-53-39-50-51(64(10,11)35-34-63(50,8)9)40-56(53)68(61-43(3)24-21-25-44(61)4)58-37-46(62(5,6)7)36-57(67)59(58)65/h12-33,36-40H,34-35H2,1-11H3. The molecule has 0 N–H and O–H groups in total. The van der Waals surface area contributed by atoms with E-state index in [2.05, 4.69) is 255 Å². The van der Waals surface area contributed by atoms with E-state index < -0.39 is 0 Å². The lowest BCUT2D eigenvalue weighted by molar-refractivity contribution is 0.332. The zero-order valence-electron chi connectivity index (χ0n) is 41.9. The largest absolute Gasteiger partial charge is 0.311 e. The summed E-state index contributed by atoms with van der Waals surface area (Å²) in [5.41, 5.74) is 26.8. The van der Waals surface area contributed by atoms with Gasteiger partial charge in [-0.15, -0.1) is 0 Å². The second-order valence-electron chi connectivity index (χ2n) is 22.3. The summed E-state index contributed by atoms with van der Waals surface area (Å²) in [5.74, 6) is 0. The molecule has 0 saturated carbocycles. The summed E-state index contributed by atoms with van der Waals surface area (Å²) in [5, 5.41) is 0. The minimum absolute atomic E-state index is 0.0119. The molecule has 0 atom stereocenters. The molecule has 2 heterocycles. The highest BCUT2D eigenvalue weighted by atomic mass is 15.2. The Morgan fingerprint density at radius 2 is 0.971 bits per heavy atom. The zero-order valence-corrected chi connectivity index (χ0v) is 41.9. The number of benzene rings is 8. The normalized spacial score (nSPS) is 15.3. The first-order chi connectivity index (χ1) is 32.5. The molecule has 8 aromatic rings. The van der Waals surface area contributed by atoms with Crippen LogP contribution >= 0.6 is 0 Å². The van der Waals surface area contributed by atoms with Crippen molar-refractivity contribution in [2.24, 2.45) is 0 Å². The molecule has 3 aliphatic rings. The van der Waals surface area contributed by atoms with Crippen LogP contribution in [-0.2, 0) is 16.2 Å². The van der Waals surface area contributed by atoms with E-state index in [1.807, 2.05) is 0 Å². The van der Waals surface area contributed by atoms with E-state index in [9.17, 15) is 0 Å². The molecule has 1 aliphatic carbocycles. The van der Waals surface area contributed by atoms with Crippen molar-refractivity contribution in [3.63, 3.8) is 0 Å². The zero-order chi connectivity index (χ0) is 47.4. The van der Waals surface area contributed by atoms with Crippen molar-refractivity contribution in [2.45, 2.75) is 105 Å². The van der Waals surface area contributed by atoms with Gasteiger partial charge in [-0.25, -0.2) is 0 Å². The maximum absolute atomic E-state index is 2.68. The highest BCUT2D eigenvalue weighted by Gasteiger charge is 2.47. The van der Waals surface area contributed by atoms with Crippen molar-refractivity contribution in [1.29, 1.82) is 0 Å². The summed E-state index contributed by atoms with van der Waals surface area (Å²) >= 11 is 0. The van der Waals surface area contributed by atoms with E-state index in [1.54, 1.807) is 0 Å². The van der Waals surface area contributed by atoms with Crippen LogP contribution in [0.4, 0.5) is 51.2 Å². The molecule has 8 aromatic carbocycles. The van der Waals surface area contributed by atoms with Gasteiger partial charge in [-0.2, -0.15) is 0 Å². The van der Waals surface area contributed by atoms with Gasteiger partial charge in [0.2, 0.25) is 0 Å². The monoisotopic (exact) mass is 886 g/mol. The Balaban J connectivity index is 1.28. The van der Waals surface area contributed by atoms with Gasteiger partial charge in [0.25, 0.3) is 6.71 Å². The first-order valence-corrected chi connectivity index (χ1v) is 24.8. The summed E-state index contributed by atoms with van der Waals surface area (Å²) in [7, 11) is 0. The van der Waals surface area contributed by atoms with Crippen LogP contribution in [0.3, 0.4) is 0 Å². The Labute approximate surface area is 406 Å². The fourth-order valence-electron chi connectivity index (χ4n) is 11.9. The number of hydrogen-bond acceptors (Lipinski definition) is 3. The van der Waals surface area contributed by atoms with E-state index in [1.165, 1.54) is 101 Å². The molecule has 0 aromatic heterocycles. The minimum atomic E-state index is -0.130. The number of nitrogens with zero attached hydrogens (tertiary/aromatic N) is 3. The predicted molar refractivity (Wildman–Crippen MR) is 294 cm³/mol. The molecule has 2 aliphatic heterocycles. The number of para-hydroxylation sites is 4. The van der Waals surface area contributed by atoms with Gasteiger partial charge >= 0.3 is 0 Å². The summed E-state index contributed by atoms with van der Waals surface area (Å²) < 4.78 is 0. The maximum atomic E-state index is 2.68. The van der Waals surface area contributed by atoms with Gasteiger partial charge in [-0.1, -0.05) is 164 Å². The van der Waals surface area contributed by atoms with Gasteiger partial charge in [-0.05, 0) is 166 Å². The highest BCUT2D eigenvalue weighted by Crippen LogP contribution is 2.53. The lowest BCUT2D eigenvalue weighted by atomic mass is 9.33. The molecule has 3 nitrogen and oxygen atoms in total. The van der Waals surface area contributed by atoms with Gasteiger partial charge < -0.3 is 14.7 Å². The Kier molecular flexibility index (Phi) is 10.2. The fraction of sp³-hybridized carbons (Fsp3) is 0.250. The third-order valence-corrected chi connectivity index (χ3v) is 15.7. The summed E-state index contributed by atoms with van der Waals surface area (Å²) in [6.45, 7) is 26.2. The third-order valence-electron chi connectivity index (χ3n) is 15.7. The molecular weight excluding hydrogens is 822 g/mol. The summed E-state index contributed by atoms with van der Waals surface area (Å²) in [6, 6.07) is 62.0. The number of hydrogen-bond donors (Lipinski definition) is 0. The van der Waals surface area contributed by atoms with Gasteiger partial charge in [0.1, 0.15) is 0 Å². The molecule has 0 fully saturated rings. The van der Waals surface area contributed by atoms with E-state index >= 15 is 0 Å². The first-order valence-electron chi connectivity index (χ1n) is 24.8. The summed E-state index contributed by atoms with van der Waals surface area (Å²) in [6.07, 6.45) is 2.32. The second kappa shape index (κ2) is 15.9. The van der Waals surface area contributed by atoms with Crippen molar-refractivity contribution in [2.75, 3.05) is 14.7 Å². The van der Waals surface area contributed by atoms with Crippen molar-refractivity contribution >= 4 is 74.3 Å². The van der Waals surface area contributed by atoms with Crippen LogP contribution in [0.5, 0.6) is 0 Å². The Hall–Kier alpha value is -6.78.